The molecule has 0 atom stereocenters. The monoisotopic (exact) mass is 309 g/mol. The van der Waals surface area contributed by atoms with Gasteiger partial charge >= 0.3 is 0 Å². The van der Waals surface area contributed by atoms with Crippen LogP contribution in [0.2, 0.25) is 0 Å². The van der Waals surface area contributed by atoms with Gasteiger partial charge in [-0.15, -0.1) is 0 Å². The van der Waals surface area contributed by atoms with Crippen LogP contribution in [0.1, 0.15) is 104 Å². The van der Waals surface area contributed by atoms with Gasteiger partial charge in [0.25, 0.3) is 0 Å². The van der Waals surface area contributed by atoms with Crippen LogP contribution >= 0.6 is 0 Å². The zero-order valence-electron chi connectivity index (χ0n) is 15.9. The number of allylic oxidation sites excluding steroid dienone is 2. The lowest BCUT2D eigenvalue weighted by atomic mass is 10.1. The molecule has 0 aromatic carbocycles. The largest absolute Gasteiger partial charge is 0.307 e. The minimum atomic E-state index is 1.19. The van der Waals surface area contributed by atoms with E-state index < -0.39 is 0 Å². The number of rotatable bonds is 17. The first kappa shape index (κ1) is 21.7. The minimum Gasteiger partial charge on any atom is -0.307 e. The second-order valence-electron chi connectivity index (χ2n) is 6.83. The summed E-state index contributed by atoms with van der Waals surface area (Å²) in [7, 11) is 2.22. The van der Waals surface area contributed by atoms with Crippen molar-refractivity contribution in [2.24, 2.45) is 0 Å². The zero-order valence-corrected chi connectivity index (χ0v) is 15.9. The van der Waals surface area contributed by atoms with E-state index in [1.807, 2.05) is 0 Å². The molecule has 0 fully saturated rings. The molecule has 0 bridgehead atoms. The van der Waals surface area contributed by atoms with Gasteiger partial charge in [0.15, 0.2) is 0 Å². The second kappa shape index (κ2) is 18.7. The van der Waals surface area contributed by atoms with Crippen LogP contribution in [0.25, 0.3) is 0 Å². The summed E-state index contributed by atoms with van der Waals surface area (Å²) in [6, 6.07) is 0. The van der Waals surface area contributed by atoms with Crippen LogP contribution in [-0.4, -0.2) is 25.0 Å². The number of unbranched alkanes of at least 4 members (excludes halogenated alkanes) is 12. The van der Waals surface area contributed by atoms with Crippen molar-refractivity contribution in [3.05, 3.63) is 12.2 Å². The Hall–Kier alpha value is -0.300. The van der Waals surface area contributed by atoms with Crippen LogP contribution in [0.5, 0.6) is 0 Å². The molecule has 132 valence electrons. The maximum absolute atomic E-state index is 2.42. The predicted octanol–water partition coefficient (Wildman–Crippen LogP) is 6.98. The van der Waals surface area contributed by atoms with Gasteiger partial charge in [-0.2, -0.15) is 0 Å². The lowest BCUT2D eigenvalue weighted by molar-refractivity contribution is 0.340. The lowest BCUT2D eigenvalue weighted by Crippen LogP contribution is -2.18. The molecule has 0 aromatic heterocycles. The quantitative estimate of drug-likeness (QED) is 0.207. The highest BCUT2D eigenvalue weighted by molar-refractivity contribution is 4.81. The van der Waals surface area contributed by atoms with Crippen LogP contribution in [0, 0.1) is 0 Å². The summed E-state index contributed by atoms with van der Waals surface area (Å²) in [6.07, 6.45) is 24.4. The molecule has 0 aliphatic heterocycles. The topological polar surface area (TPSA) is 3.24 Å². The Morgan fingerprint density at radius 2 is 1.05 bits per heavy atom. The summed E-state index contributed by atoms with van der Waals surface area (Å²) in [5.74, 6) is 0. The van der Waals surface area contributed by atoms with Crippen molar-refractivity contribution in [2.45, 2.75) is 104 Å². The smallest absolute Gasteiger partial charge is 0.00219 e. The summed E-state index contributed by atoms with van der Waals surface area (Å²) >= 11 is 0. The van der Waals surface area contributed by atoms with Gasteiger partial charge in [-0.25, -0.2) is 0 Å². The standard InChI is InChI=1S/C21H43N/c1-4-6-7-8-9-10-11-12-13-14-15-16-17-18-19-20-21-22(3)5-2/h12-13H,4-11,14-21H2,1-3H3. The molecule has 0 aliphatic rings. The van der Waals surface area contributed by atoms with Crippen molar-refractivity contribution in [3.63, 3.8) is 0 Å². The molecule has 0 spiro atoms. The van der Waals surface area contributed by atoms with Crippen LogP contribution in [0.15, 0.2) is 12.2 Å². The third-order valence-electron chi connectivity index (χ3n) is 4.59. The molecule has 0 radical (unpaired) electrons. The molecule has 0 rings (SSSR count). The van der Waals surface area contributed by atoms with E-state index in [0.717, 1.165) is 0 Å². The molecule has 0 heterocycles. The molecule has 0 aromatic rings. The molecular formula is C21H43N. The zero-order chi connectivity index (χ0) is 16.3. The van der Waals surface area contributed by atoms with E-state index in [-0.39, 0.29) is 0 Å². The highest BCUT2D eigenvalue weighted by Gasteiger charge is 1.94. The summed E-state index contributed by atoms with van der Waals surface area (Å²) in [6.45, 7) is 6.98. The van der Waals surface area contributed by atoms with E-state index in [9.17, 15) is 0 Å². The summed E-state index contributed by atoms with van der Waals surface area (Å²) in [5, 5.41) is 0. The highest BCUT2D eigenvalue weighted by Crippen LogP contribution is 2.10. The first-order valence-electron chi connectivity index (χ1n) is 10.1. The SMILES string of the molecule is CCCCCCCCC=CCCCCCCCCN(C)CC. The Morgan fingerprint density at radius 1 is 0.591 bits per heavy atom. The summed E-state index contributed by atoms with van der Waals surface area (Å²) in [5.41, 5.74) is 0. The minimum absolute atomic E-state index is 1.19. The number of hydrogen-bond donors (Lipinski definition) is 0. The molecular weight excluding hydrogens is 266 g/mol. The summed E-state index contributed by atoms with van der Waals surface area (Å²) < 4.78 is 0. The fraction of sp³-hybridized carbons (Fsp3) is 0.905. The van der Waals surface area contributed by atoms with Crippen LogP contribution in [0.4, 0.5) is 0 Å². The van der Waals surface area contributed by atoms with Crippen molar-refractivity contribution in [1.29, 1.82) is 0 Å². The second-order valence-corrected chi connectivity index (χ2v) is 6.83. The van der Waals surface area contributed by atoms with Gasteiger partial charge in [0, 0.05) is 0 Å². The van der Waals surface area contributed by atoms with Crippen molar-refractivity contribution in [1.82, 2.24) is 4.90 Å². The summed E-state index contributed by atoms with van der Waals surface area (Å²) in [4.78, 5) is 2.41. The van der Waals surface area contributed by atoms with E-state index in [1.165, 1.54) is 103 Å². The van der Waals surface area contributed by atoms with Crippen molar-refractivity contribution < 1.29 is 0 Å². The van der Waals surface area contributed by atoms with E-state index in [2.05, 4.69) is 37.9 Å². The third kappa shape index (κ3) is 17.8. The van der Waals surface area contributed by atoms with Crippen molar-refractivity contribution >= 4 is 0 Å². The van der Waals surface area contributed by atoms with Crippen LogP contribution < -0.4 is 0 Å². The first-order chi connectivity index (χ1) is 10.8. The average molecular weight is 310 g/mol. The van der Waals surface area contributed by atoms with Gasteiger partial charge in [-0.3, -0.25) is 0 Å². The maximum atomic E-state index is 2.42. The Kier molecular flexibility index (Phi) is 18.5. The Morgan fingerprint density at radius 3 is 1.55 bits per heavy atom. The Balaban J connectivity index is 3.08. The highest BCUT2D eigenvalue weighted by atomic mass is 15.1. The van der Waals surface area contributed by atoms with E-state index >= 15 is 0 Å². The average Bonchev–Trinajstić information content (AvgIpc) is 2.54. The molecule has 22 heavy (non-hydrogen) atoms. The van der Waals surface area contributed by atoms with Gasteiger partial charge < -0.3 is 4.90 Å². The Bertz CT molecular complexity index is 222. The molecule has 0 saturated carbocycles. The molecule has 1 heteroatoms. The molecule has 0 aliphatic carbocycles. The molecule has 0 N–H and O–H groups in total. The van der Waals surface area contributed by atoms with Crippen molar-refractivity contribution in [2.75, 3.05) is 20.1 Å². The fourth-order valence-electron chi connectivity index (χ4n) is 2.79. The lowest BCUT2D eigenvalue weighted by Gasteiger charge is -2.12. The maximum Gasteiger partial charge on any atom is -0.00219 e. The predicted molar refractivity (Wildman–Crippen MR) is 103 cm³/mol. The molecule has 0 amide bonds. The normalized spacial score (nSPS) is 11.8. The van der Waals surface area contributed by atoms with Gasteiger partial charge in [0.2, 0.25) is 0 Å². The molecule has 0 unspecified atom stereocenters. The third-order valence-corrected chi connectivity index (χ3v) is 4.59. The van der Waals surface area contributed by atoms with E-state index in [1.54, 1.807) is 0 Å². The van der Waals surface area contributed by atoms with Gasteiger partial charge in [0.05, 0.1) is 0 Å². The first-order valence-corrected chi connectivity index (χ1v) is 10.1. The van der Waals surface area contributed by atoms with Gasteiger partial charge in [-0.1, -0.05) is 83.8 Å². The van der Waals surface area contributed by atoms with Crippen LogP contribution in [0.3, 0.4) is 0 Å². The molecule has 1 nitrogen and oxygen atoms in total. The van der Waals surface area contributed by atoms with Crippen molar-refractivity contribution in [3.8, 4) is 0 Å². The number of hydrogen-bond acceptors (Lipinski definition) is 1. The van der Waals surface area contributed by atoms with E-state index in [4.69, 9.17) is 0 Å². The molecule has 0 saturated heterocycles. The Labute approximate surface area is 141 Å². The number of nitrogens with zero attached hydrogens (tertiary/aromatic N) is 1. The van der Waals surface area contributed by atoms with Gasteiger partial charge in [0.1, 0.15) is 0 Å². The van der Waals surface area contributed by atoms with Gasteiger partial charge in [-0.05, 0) is 52.2 Å². The fourth-order valence-corrected chi connectivity index (χ4v) is 2.79. The van der Waals surface area contributed by atoms with Crippen LogP contribution in [-0.2, 0) is 0 Å². The van der Waals surface area contributed by atoms with E-state index in [0.29, 0.717) is 0 Å².